The van der Waals surface area contributed by atoms with Crippen LogP contribution in [0.2, 0.25) is 15.1 Å². The predicted molar refractivity (Wildman–Crippen MR) is 78.2 cm³/mol. The Hall–Kier alpha value is -0.890. The Morgan fingerprint density at radius 2 is 1.56 bits per heavy atom. The summed E-state index contributed by atoms with van der Waals surface area (Å²) in [5, 5.41) is 1.52. The summed E-state index contributed by atoms with van der Waals surface area (Å²) in [6.45, 7) is 1.98. The van der Waals surface area contributed by atoms with Gasteiger partial charge in [-0.15, -0.1) is 0 Å². The Morgan fingerprint density at radius 3 is 2.17 bits per heavy atom. The van der Waals surface area contributed by atoms with Crippen molar-refractivity contribution in [1.29, 1.82) is 0 Å². The van der Waals surface area contributed by atoms with Crippen molar-refractivity contribution in [1.82, 2.24) is 0 Å². The zero-order chi connectivity index (χ0) is 13.3. The van der Waals surface area contributed by atoms with Crippen LogP contribution in [0.5, 0.6) is 5.75 Å². The number of hydrogen-bond donors (Lipinski definition) is 0. The fraction of sp³-hybridized carbons (Fsp3) is 0.143. The monoisotopic (exact) mass is 300 g/mol. The number of halogens is 3. The minimum atomic E-state index is 0.454. The van der Waals surface area contributed by atoms with Crippen LogP contribution in [0.1, 0.15) is 5.56 Å². The van der Waals surface area contributed by atoms with E-state index in [1.807, 2.05) is 25.1 Å². The van der Waals surface area contributed by atoms with Crippen LogP contribution in [0.3, 0.4) is 0 Å². The molecule has 0 amide bonds. The molecule has 0 radical (unpaired) electrons. The van der Waals surface area contributed by atoms with Crippen molar-refractivity contribution in [2.75, 3.05) is 7.11 Å². The van der Waals surface area contributed by atoms with E-state index in [0.717, 1.165) is 22.4 Å². The Bertz CT molecular complexity index is 594. The number of rotatable bonds is 2. The highest BCUT2D eigenvalue weighted by Crippen LogP contribution is 2.36. The minimum absolute atomic E-state index is 0.454. The average Bonchev–Trinajstić information content (AvgIpc) is 2.33. The summed E-state index contributed by atoms with van der Waals surface area (Å²) in [6, 6.07) is 9.28. The van der Waals surface area contributed by atoms with Crippen molar-refractivity contribution in [3.63, 3.8) is 0 Å². The molecule has 0 saturated heterocycles. The van der Waals surface area contributed by atoms with E-state index >= 15 is 0 Å². The summed E-state index contributed by atoms with van der Waals surface area (Å²) in [6.07, 6.45) is 0. The molecular formula is C14H11Cl3O. The molecule has 0 unspecified atom stereocenters. The first kappa shape index (κ1) is 13.5. The fourth-order valence-electron chi connectivity index (χ4n) is 1.79. The van der Waals surface area contributed by atoms with Crippen molar-refractivity contribution in [3.05, 3.63) is 51.0 Å². The molecule has 0 aliphatic carbocycles. The molecule has 0 atom stereocenters. The molecule has 0 aliphatic rings. The van der Waals surface area contributed by atoms with Crippen LogP contribution in [0.4, 0.5) is 0 Å². The Morgan fingerprint density at radius 1 is 0.889 bits per heavy atom. The highest BCUT2D eigenvalue weighted by atomic mass is 35.5. The first-order chi connectivity index (χ1) is 8.52. The molecule has 0 aromatic heterocycles. The maximum absolute atomic E-state index is 6.19. The van der Waals surface area contributed by atoms with E-state index in [-0.39, 0.29) is 0 Å². The van der Waals surface area contributed by atoms with Gasteiger partial charge >= 0.3 is 0 Å². The van der Waals surface area contributed by atoms with Crippen LogP contribution in [0, 0.1) is 6.92 Å². The summed E-state index contributed by atoms with van der Waals surface area (Å²) in [7, 11) is 1.65. The smallest absolute Gasteiger partial charge is 0.121 e. The Kier molecular flexibility index (Phi) is 4.06. The third-order valence-electron chi connectivity index (χ3n) is 2.72. The predicted octanol–water partition coefficient (Wildman–Crippen LogP) is 5.63. The summed E-state index contributed by atoms with van der Waals surface area (Å²) < 4.78 is 5.23. The lowest BCUT2D eigenvalue weighted by Gasteiger charge is -2.10. The van der Waals surface area contributed by atoms with Gasteiger partial charge in [0.2, 0.25) is 0 Å². The molecule has 0 aliphatic heterocycles. The molecule has 2 rings (SSSR count). The van der Waals surface area contributed by atoms with E-state index < -0.39 is 0 Å². The maximum Gasteiger partial charge on any atom is 0.121 e. The number of benzene rings is 2. The van der Waals surface area contributed by atoms with Crippen LogP contribution in [0.25, 0.3) is 11.1 Å². The largest absolute Gasteiger partial charge is 0.496 e. The first-order valence-corrected chi connectivity index (χ1v) is 6.46. The van der Waals surface area contributed by atoms with Gasteiger partial charge < -0.3 is 4.74 Å². The Balaban J connectivity index is 2.55. The van der Waals surface area contributed by atoms with Crippen molar-refractivity contribution in [2.45, 2.75) is 6.92 Å². The maximum atomic E-state index is 6.19. The van der Waals surface area contributed by atoms with Gasteiger partial charge in [-0.25, -0.2) is 0 Å². The zero-order valence-corrected chi connectivity index (χ0v) is 12.2. The summed E-state index contributed by atoms with van der Waals surface area (Å²) in [4.78, 5) is 0. The fourth-order valence-corrected chi connectivity index (χ4v) is 2.45. The zero-order valence-electron chi connectivity index (χ0n) is 9.93. The van der Waals surface area contributed by atoms with E-state index in [2.05, 4.69) is 0 Å². The van der Waals surface area contributed by atoms with Gasteiger partial charge in [0.05, 0.1) is 17.2 Å². The lowest BCUT2D eigenvalue weighted by molar-refractivity contribution is 0.412. The second-order valence-electron chi connectivity index (χ2n) is 3.93. The standard InChI is InChI=1S/C14H11Cl3O/c1-8-5-9(3-4-14(8)18-2)10-6-12(16)13(17)7-11(10)15/h3-7H,1-2H3. The van der Waals surface area contributed by atoms with Crippen LogP contribution in [0.15, 0.2) is 30.3 Å². The lowest BCUT2D eigenvalue weighted by Crippen LogP contribution is -1.88. The first-order valence-electron chi connectivity index (χ1n) is 5.32. The lowest BCUT2D eigenvalue weighted by atomic mass is 10.0. The third kappa shape index (κ3) is 2.59. The normalized spacial score (nSPS) is 10.5. The van der Waals surface area contributed by atoms with E-state index in [1.165, 1.54) is 0 Å². The van der Waals surface area contributed by atoms with Crippen molar-refractivity contribution < 1.29 is 4.74 Å². The molecule has 2 aromatic carbocycles. The van der Waals surface area contributed by atoms with Gasteiger partial charge in [-0.05, 0) is 42.3 Å². The minimum Gasteiger partial charge on any atom is -0.496 e. The van der Waals surface area contributed by atoms with Gasteiger partial charge in [0, 0.05) is 10.6 Å². The van der Waals surface area contributed by atoms with Crippen molar-refractivity contribution >= 4 is 34.8 Å². The molecule has 18 heavy (non-hydrogen) atoms. The number of ether oxygens (including phenoxy) is 1. The summed E-state index contributed by atoms with van der Waals surface area (Å²) in [5.41, 5.74) is 2.88. The molecule has 2 aromatic rings. The van der Waals surface area contributed by atoms with Gasteiger partial charge in [0.1, 0.15) is 5.75 Å². The number of methoxy groups -OCH3 is 1. The molecule has 0 spiro atoms. The number of hydrogen-bond acceptors (Lipinski definition) is 1. The van der Waals surface area contributed by atoms with Crippen molar-refractivity contribution in [3.8, 4) is 16.9 Å². The van der Waals surface area contributed by atoms with Crippen LogP contribution in [-0.4, -0.2) is 7.11 Å². The van der Waals surface area contributed by atoms with E-state index in [1.54, 1.807) is 19.2 Å². The SMILES string of the molecule is COc1ccc(-c2cc(Cl)c(Cl)cc2Cl)cc1C. The van der Waals surface area contributed by atoms with Crippen LogP contribution >= 0.6 is 34.8 Å². The highest BCUT2D eigenvalue weighted by molar-refractivity contribution is 6.44. The molecule has 0 saturated carbocycles. The molecule has 0 heterocycles. The number of aryl methyl sites for hydroxylation is 1. The molecule has 0 bridgehead atoms. The molecule has 94 valence electrons. The van der Waals surface area contributed by atoms with E-state index in [9.17, 15) is 0 Å². The Labute approximate surface area is 121 Å². The highest BCUT2D eigenvalue weighted by Gasteiger charge is 2.09. The van der Waals surface area contributed by atoms with Crippen LogP contribution in [-0.2, 0) is 0 Å². The van der Waals surface area contributed by atoms with Gasteiger partial charge in [0.15, 0.2) is 0 Å². The van der Waals surface area contributed by atoms with Gasteiger partial charge in [0.25, 0.3) is 0 Å². The molecule has 1 nitrogen and oxygen atoms in total. The average molecular weight is 302 g/mol. The quantitative estimate of drug-likeness (QED) is 0.653. The van der Waals surface area contributed by atoms with E-state index in [4.69, 9.17) is 39.5 Å². The van der Waals surface area contributed by atoms with Gasteiger partial charge in [-0.2, -0.15) is 0 Å². The third-order valence-corrected chi connectivity index (χ3v) is 3.75. The van der Waals surface area contributed by atoms with Gasteiger partial charge in [-0.3, -0.25) is 0 Å². The molecule has 0 N–H and O–H groups in total. The second kappa shape index (κ2) is 5.40. The van der Waals surface area contributed by atoms with Crippen LogP contribution < -0.4 is 4.74 Å². The molecule has 4 heteroatoms. The second-order valence-corrected chi connectivity index (χ2v) is 5.15. The molecular weight excluding hydrogens is 291 g/mol. The topological polar surface area (TPSA) is 9.23 Å². The van der Waals surface area contributed by atoms with Gasteiger partial charge in [-0.1, -0.05) is 40.9 Å². The summed E-state index contributed by atoms with van der Waals surface area (Å²) in [5.74, 6) is 0.843. The molecule has 0 fully saturated rings. The van der Waals surface area contributed by atoms with Crippen molar-refractivity contribution in [2.24, 2.45) is 0 Å². The van der Waals surface area contributed by atoms with E-state index in [0.29, 0.717) is 15.1 Å². The summed E-state index contributed by atoms with van der Waals surface area (Å²) >= 11 is 18.1.